The molecule has 0 saturated carbocycles. The van der Waals surface area contributed by atoms with E-state index in [9.17, 15) is 10.5 Å². The maximum absolute atomic E-state index is 9.31. The summed E-state index contributed by atoms with van der Waals surface area (Å²) >= 11 is 3.53. The molecule has 1 aliphatic heterocycles. The number of rotatable bonds is 6. The van der Waals surface area contributed by atoms with Crippen molar-refractivity contribution in [1.29, 1.82) is 10.5 Å². The quantitative estimate of drug-likeness (QED) is 0.483. The van der Waals surface area contributed by atoms with Gasteiger partial charge in [-0.2, -0.15) is 15.5 Å². The Bertz CT molecular complexity index is 1250. The first-order chi connectivity index (χ1) is 16.5. The molecular weight excluding hydrogens is 492 g/mol. The lowest BCUT2D eigenvalue weighted by Crippen LogP contribution is -2.43. The van der Waals surface area contributed by atoms with E-state index in [2.05, 4.69) is 43.3 Å². The van der Waals surface area contributed by atoms with Crippen molar-refractivity contribution in [2.75, 3.05) is 18.0 Å². The average Bonchev–Trinajstić information content (AvgIpc) is 2.86. The molecule has 0 atom stereocenters. The van der Waals surface area contributed by atoms with Gasteiger partial charge in [-0.3, -0.25) is 0 Å². The molecule has 0 unspecified atom stereocenters. The summed E-state index contributed by atoms with van der Waals surface area (Å²) in [5.41, 5.74) is 4.00. The van der Waals surface area contributed by atoms with E-state index in [4.69, 9.17) is 9.72 Å². The van der Waals surface area contributed by atoms with Gasteiger partial charge < -0.3 is 15.0 Å². The van der Waals surface area contributed by atoms with E-state index in [0.717, 1.165) is 42.6 Å². The molecule has 1 fully saturated rings. The fourth-order valence-corrected chi connectivity index (χ4v) is 4.51. The molecule has 2 heterocycles. The van der Waals surface area contributed by atoms with Crippen LogP contribution in [0.15, 0.2) is 47.1 Å². The predicted octanol–water partition coefficient (Wildman–Crippen LogP) is 5.15. The van der Waals surface area contributed by atoms with Gasteiger partial charge in [0.25, 0.3) is 0 Å². The number of ether oxygens (including phenoxy) is 1. The number of aryl methyl sites for hydroxylation is 2. The Balaban J connectivity index is 1.69. The van der Waals surface area contributed by atoms with Gasteiger partial charge in [-0.25, -0.2) is 4.98 Å². The molecule has 1 N–H and O–H groups in total. The molecule has 34 heavy (non-hydrogen) atoms. The summed E-state index contributed by atoms with van der Waals surface area (Å²) in [5.74, 6) is 1.68. The molecule has 3 aromatic rings. The van der Waals surface area contributed by atoms with Crippen LogP contribution in [0.2, 0.25) is 0 Å². The molecule has 4 rings (SSSR count). The van der Waals surface area contributed by atoms with Crippen molar-refractivity contribution in [3.8, 4) is 23.8 Å². The SMILES string of the molecule is Cc1cc(C#N)cc(C)c1Oc1nc(N(Cc2cccc(C#N)c2)C2CCNCC2)ncc1Br. The Hall–Kier alpha value is -3.46. The summed E-state index contributed by atoms with van der Waals surface area (Å²) in [5, 5.41) is 22.0. The first kappa shape index (κ1) is 23.7. The topological polar surface area (TPSA) is 97.9 Å². The van der Waals surface area contributed by atoms with Gasteiger partial charge >= 0.3 is 0 Å². The lowest BCUT2D eigenvalue weighted by atomic mass is 10.0. The maximum Gasteiger partial charge on any atom is 0.238 e. The second kappa shape index (κ2) is 10.6. The van der Waals surface area contributed by atoms with Gasteiger partial charge in [0.2, 0.25) is 11.8 Å². The lowest BCUT2D eigenvalue weighted by Gasteiger charge is -2.35. The first-order valence-corrected chi connectivity index (χ1v) is 12.0. The molecule has 0 radical (unpaired) electrons. The molecule has 0 aliphatic carbocycles. The molecule has 7 nitrogen and oxygen atoms in total. The second-order valence-corrected chi connectivity index (χ2v) is 9.25. The number of piperidine rings is 1. The van der Waals surface area contributed by atoms with Crippen LogP contribution in [0.3, 0.4) is 0 Å². The van der Waals surface area contributed by atoms with Gasteiger partial charge in [-0.15, -0.1) is 0 Å². The number of nitrogens with zero attached hydrogens (tertiary/aromatic N) is 5. The van der Waals surface area contributed by atoms with E-state index in [1.54, 1.807) is 6.20 Å². The lowest BCUT2D eigenvalue weighted by molar-refractivity contribution is 0.417. The van der Waals surface area contributed by atoms with E-state index >= 15 is 0 Å². The van der Waals surface area contributed by atoms with E-state index in [1.807, 2.05) is 50.2 Å². The summed E-state index contributed by atoms with van der Waals surface area (Å²) in [4.78, 5) is 11.6. The fourth-order valence-electron chi connectivity index (χ4n) is 4.24. The van der Waals surface area contributed by atoms with Gasteiger partial charge in [-0.1, -0.05) is 12.1 Å². The van der Waals surface area contributed by atoms with Crippen LogP contribution in [0.4, 0.5) is 5.95 Å². The highest BCUT2D eigenvalue weighted by Crippen LogP contribution is 2.34. The average molecular weight is 517 g/mol. The number of anilines is 1. The predicted molar refractivity (Wildman–Crippen MR) is 134 cm³/mol. The zero-order valence-corrected chi connectivity index (χ0v) is 20.8. The number of hydrogen-bond acceptors (Lipinski definition) is 7. The number of nitriles is 2. The number of benzene rings is 2. The van der Waals surface area contributed by atoms with Crippen LogP contribution in [-0.2, 0) is 6.54 Å². The Morgan fingerprint density at radius 2 is 1.79 bits per heavy atom. The summed E-state index contributed by atoms with van der Waals surface area (Å²) in [7, 11) is 0. The zero-order valence-electron chi connectivity index (χ0n) is 19.2. The third-order valence-corrected chi connectivity index (χ3v) is 6.45. The molecular formula is C26H25BrN6O. The maximum atomic E-state index is 9.31. The Morgan fingerprint density at radius 3 is 2.47 bits per heavy atom. The van der Waals surface area contributed by atoms with E-state index in [-0.39, 0.29) is 6.04 Å². The van der Waals surface area contributed by atoms with E-state index in [0.29, 0.717) is 39.7 Å². The smallest absolute Gasteiger partial charge is 0.238 e. The molecule has 2 aromatic carbocycles. The Kier molecular flexibility index (Phi) is 7.42. The standard InChI is InChI=1S/C26H25BrN6O/c1-17-10-21(14-29)11-18(2)24(17)34-25-23(27)15-31-26(32-25)33(22-6-8-30-9-7-22)16-20-5-3-4-19(12-20)13-28/h3-5,10-12,15,22,30H,6-9,16H2,1-2H3. The summed E-state index contributed by atoms with van der Waals surface area (Å²) < 4.78 is 6.89. The van der Waals surface area contributed by atoms with Crippen molar-refractivity contribution < 1.29 is 4.74 Å². The van der Waals surface area contributed by atoms with Gasteiger partial charge in [0.15, 0.2) is 0 Å². The minimum Gasteiger partial charge on any atom is -0.437 e. The zero-order chi connectivity index (χ0) is 24.1. The van der Waals surface area contributed by atoms with Crippen molar-refractivity contribution >= 4 is 21.9 Å². The summed E-state index contributed by atoms with van der Waals surface area (Å²) in [6.07, 6.45) is 3.66. The molecule has 8 heteroatoms. The van der Waals surface area contributed by atoms with Crippen LogP contribution in [0.1, 0.15) is 40.7 Å². The molecule has 1 aliphatic rings. The van der Waals surface area contributed by atoms with Gasteiger partial charge in [0.05, 0.1) is 33.9 Å². The first-order valence-electron chi connectivity index (χ1n) is 11.2. The molecule has 0 spiro atoms. The third-order valence-electron chi connectivity index (χ3n) is 5.90. The van der Waals surface area contributed by atoms with Crippen LogP contribution in [0.25, 0.3) is 0 Å². The highest BCUT2D eigenvalue weighted by atomic mass is 79.9. The molecule has 1 aromatic heterocycles. The van der Waals surface area contributed by atoms with Crippen molar-refractivity contribution in [2.24, 2.45) is 0 Å². The number of aromatic nitrogens is 2. The molecule has 1 saturated heterocycles. The van der Waals surface area contributed by atoms with Crippen LogP contribution in [0.5, 0.6) is 11.6 Å². The van der Waals surface area contributed by atoms with Crippen LogP contribution in [-0.4, -0.2) is 29.1 Å². The highest BCUT2D eigenvalue weighted by Gasteiger charge is 2.25. The molecule has 172 valence electrons. The molecule has 0 amide bonds. The van der Waals surface area contributed by atoms with Crippen molar-refractivity contribution in [3.63, 3.8) is 0 Å². The van der Waals surface area contributed by atoms with Crippen molar-refractivity contribution in [2.45, 2.75) is 39.3 Å². The van der Waals surface area contributed by atoms with Crippen LogP contribution >= 0.6 is 15.9 Å². The van der Waals surface area contributed by atoms with Crippen LogP contribution < -0.4 is 15.0 Å². The number of halogens is 1. The largest absolute Gasteiger partial charge is 0.437 e. The summed E-state index contributed by atoms with van der Waals surface area (Å²) in [6, 6.07) is 15.9. The Morgan fingerprint density at radius 1 is 1.09 bits per heavy atom. The minimum atomic E-state index is 0.263. The normalized spacial score (nSPS) is 13.7. The van der Waals surface area contributed by atoms with Gasteiger partial charge in [0.1, 0.15) is 5.75 Å². The van der Waals surface area contributed by atoms with Crippen molar-refractivity contribution in [3.05, 3.63) is 74.9 Å². The van der Waals surface area contributed by atoms with Gasteiger partial charge in [0, 0.05) is 12.6 Å². The number of nitrogens with one attached hydrogen (secondary N) is 1. The monoisotopic (exact) mass is 516 g/mol. The van der Waals surface area contributed by atoms with Crippen LogP contribution in [0, 0.1) is 36.5 Å². The minimum absolute atomic E-state index is 0.263. The fraction of sp³-hybridized carbons (Fsp3) is 0.308. The summed E-state index contributed by atoms with van der Waals surface area (Å²) in [6.45, 7) is 6.30. The molecule has 0 bridgehead atoms. The van der Waals surface area contributed by atoms with E-state index in [1.165, 1.54) is 0 Å². The van der Waals surface area contributed by atoms with Crippen molar-refractivity contribution in [1.82, 2.24) is 15.3 Å². The highest BCUT2D eigenvalue weighted by molar-refractivity contribution is 9.10. The number of hydrogen-bond donors (Lipinski definition) is 1. The van der Waals surface area contributed by atoms with Gasteiger partial charge in [-0.05, 0) is 96.7 Å². The Labute approximate surface area is 208 Å². The third kappa shape index (κ3) is 5.36. The van der Waals surface area contributed by atoms with E-state index < -0.39 is 0 Å². The second-order valence-electron chi connectivity index (χ2n) is 8.40.